The number of hydrogen-bond donors (Lipinski definition) is 1. The number of hydrogen-bond acceptors (Lipinski definition) is 3. The van der Waals surface area contributed by atoms with Crippen molar-refractivity contribution in [1.29, 1.82) is 0 Å². The van der Waals surface area contributed by atoms with E-state index in [1.54, 1.807) is 0 Å². The van der Waals surface area contributed by atoms with Crippen LogP contribution in [0.15, 0.2) is 18.2 Å². The Morgan fingerprint density at radius 2 is 1.85 bits per heavy atom. The first-order chi connectivity index (χ1) is 9.60. The molecule has 1 aromatic rings. The van der Waals surface area contributed by atoms with Gasteiger partial charge in [0.05, 0.1) is 12.7 Å². The minimum Gasteiger partial charge on any atom is -0.493 e. The fraction of sp³-hybridized carbons (Fsp3) is 0.647. The lowest BCUT2D eigenvalue weighted by atomic mass is 10.1. The number of benzene rings is 1. The first kappa shape index (κ1) is 16.8. The van der Waals surface area contributed by atoms with Crippen LogP contribution in [0, 0.1) is 0 Å². The van der Waals surface area contributed by atoms with Gasteiger partial charge in [-0.05, 0) is 44.2 Å². The van der Waals surface area contributed by atoms with Crippen molar-refractivity contribution in [2.45, 2.75) is 65.5 Å². The Balaban J connectivity index is 2.92. The van der Waals surface area contributed by atoms with Gasteiger partial charge in [-0.15, -0.1) is 0 Å². The second-order valence-corrected chi connectivity index (χ2v) is 5.36. The molecule has 2 N–H and O–H groups in total. The van der Waals surface area contributed by atoms with Crippen LogP contribution < -0.4 is 15.2 Å². The molecule has 3 nitrogen and oxygen atoms in total. The Hall–Kier alpha value is -1.22. The molecule has 0 radical (unpaired) electrons. The van der Waals surface area contributed by atoms with Crippen LogP contribution in [0.25, 0.3) is 0 Å². The number of ether oxygens (including phenoxy) is 2. The van der Waals surface area contributed by atoms with E-state index in [1.807, 2.05) is 19.1 Å². The van der Waals surface area contributed by atoms with Crippen LogP contribution in [-0.2, 0) is 6.42 Å². The summed E-state index contributed by atoms with van der Waals surface area (Å²) in [6, 6.07) is 6.21. The van der Waals surface area contributed by atoms with Gasteiger partial charge in [0.15, 0.2) is 0 Å². The summed E-state index contributed by atoms with van der Waals surface area (Å²) >= 11 is 0. The molecule has 0 bridgehead atoms. The largest absolute Gasteiger partial charge is 0.493 e. The van der Waals surface area contributed by atoms with E-state index in [0.29, 0.717) is 0 Å². The lowest BCUT2D eigenvalue weighted by Crippen LogP contribution is -2.20. The Kier molecular flexibility index (Phi) is 7.45. The molecule has 1 rings (SSSR count). The van der Waals surface area contributed by atoms with Crippen molar-refractivity contribution < 1.29 is 9.47 Å². The average molecular weight is 279 g/mol. The third-order valence-electron chi connectivity index (χ3n) is 3.26. The van der Waals surface area contributed by atoms with E-state index < -0.39 is 0 Å². The van der Waals surface area contributed by atoms with Crippen LogP contribution in [0.3, 0.4) is 0 Å². The van der Waals surface area contributed by atoms with E-state index in [2.05, 4.69) is 26.8 Å². The summed E-state index contributed by atoms with van der Waals surface area (Å²) in [7, 11) is 0. The molecule has 0 aliphatic rings. The Bertz CT molecular complexity index is 387. The van der Waals surface area contributed by atoms with Crippen molar-refractivity contribution in [1.82, 2.24) is 0 Å². The normalized spacial score (nSPS) is 12.5. The third kappa shape index (κ3) is 5.41. The second kappa shape index (κ2) is 8.85. The fourth-order valence-electron chi connectivity index (χ4n) is 2.10. The van der Waals surface area contributed by atoms with Gasteiger partial charge in [0.1, 0.15) is 11.5 Å². The van der Waals surface area contributed by atoms with Gasteiger partial charge in [0.25, 0.3) is 0 Å². The first-order valence-corrected chi connectivity index (χ1v) is 7.78. The Morgan fingerprint density at radius 1 is 1.15 bits per heavy atom. The molecule has 1 unspecified atom stereocenters. The van der Waals surface area contributed by atoms with E-state index in [9.17, 15) is 0 Å². The summed E-state index contributed by atoms with van der Waals surface area (Å²) in [5.41, 5.74) is 7.08. The molecule has 0 saturated heterocycles. The van der Waals surface area contributed by atoms with Gasteiger partial charge in [-0.25, -0.2) is 0 Å². The summed E-state index contributed by atoms with van der Waals surface area (Å²) in [4.78, 5) is 0. The maximum Gasteiger partial charge on any atom is 0.126 e. The van der Waals surface area contributed by atoms with Gasteiger partial charge in [-0.3, -0.25) is 0 Å². The SMILES string of the molecule is CCCOc1ccc(CC(C)N)c(OC(CC)CC)c1. The standard InChI is InChI=1S/C17H29NO2/c1-5-10-19-16-9-8-14(11-13(4)18)17(12-16)20-15(6-2)7-3/h8-9,12-13,15H,5-7,10-11,18H2,1-4H3. The topological polar surface area (TPSA) is 44.5 Å². The maximum absolute atomic E-state index is 6.13. The molecule has 0 heterocycles. The maximum atomic E-state index is 6.13. The molecule has 0 amide bonds. The lowest BCUT2D eigenvalue weighted by molar-refractivity contribution is 0.189. The molecule has 0 spiro atoms. The summed E-state index contributed by atoms with van der Waals surface area (Å²) in [5, 5.41) is 0. The molecule has 114 valence electrons. The van der Waals surface area contributed by atoms with Gasteiger partial charge in [-0.1, -0.05) is 26.8 Å². The van der Waals surface area contributed by atoms with Gasteiger partial charge in [-0.2, -0.15) is 0 Å². The molecule has 20 heavy (non-hydrogen) atoms. The van der Waals surface area contributed by atoms with Crippen LogP contribution in [0.5, 0.6) is 11.5 Å². The smallest absolute Gasteiger partial charge is 0.126 e. The number of nitrogens with two attached hydrogens (primary N) is 1. The molecule has 0 fully saturated rings. The molecule has 1 atom stereocenters. The highest BCUT2D eigenvalue weighted by Crippen LogP contribution is 2.28. The zero-order valence-corrected chi connectivity index (χ0v) is 13.3. The van der Waals surface area contributed by atoms with E-state index in [0.717, 1.165) is 49.4 Å². The summed E-state index contributed by atoms with van der Waals surface area (Å²) in [6.07, 6.45) is 4.10. The summed E-state index contributed by atoms with van der Waals surface area (Å²) < 4.78 is 11.8. The molecule has 0 aliphatic carbocycles. The van der Waals surface area contributed by atoms with Crippen molar-refractivity contribution in [3.63, 3.8) is 0 Å². The van der Waals surface area contributed by atoms with Crippen LogP contribution in [-0.4, -0.2) is 18.8 Å². The highest BCUT2D eigenvalue weighted by Gasteiger charge is 2.12. The van der Waals surface area contributed by atoms with E-state index in [4.69, 9.17) is 15.2 Å². The van der Waals surface area contributed by atoms with Crippen molar-refractivity contribution in [3.8, 4) is 11.5 Å². The fourth-order valence-corrected chi connectivity index (χ4v) is 2.10. The van der Waals surface area contributed by atoms with Crippen molar-refractivity contribution in [3.05, 3.63) is 23.8 Å². The summed E-state index contributed by atoms with van der Waals surface area (Å²) in [6.45, 7) is 9.15. The third-order valence-corrected chi connectivity index (χ3v) is 3.26. The average Bonchev–Trinajstić information content (AvgIpc) is 2.44. The molecule has 3 heteroatoms. The monoisotopic (exact) mass is 279 g/mol. The predicted molar refractivity (Wildman–Crippen MR) is 84.6 cm³/mol. The summed E-state index contributed by atoms with van der Waals surface area (Å²) in [5.74, 6) is 1.80. The van der Waals surface area contributed by atoms with Crippen LogP contribution in [0.4, 0.5) is 0 Å². The second-order valence-electron chi connectivity index (χ2n) is 5.36. The van der Waals surface area contributed by atoms with Gasteiger partial charge in [0.2, 0.25) is 0 Å². The van der Waals surface area contributed by atoms with E-state index in [-0.39, 0.29) is 12.1 Å². The van der Waals surface area contributed by atoms with Gasteiger partial charge in [0, 0.05) is 12.1 Å². The molecular weight excluding hydrogens is 250 g/mol. The van der Waals surface area contributed by atoms with Crippen molar-refractivity contribution >= 4 is 0 Å². The number of rotatable bonds is 9. The Morgan fingerprint density at radius 3 is 2.40 bits per heavy atom. The zero-order chi connectivity index (χ0) is 15.0. The molecule has 0 saturated carbocycles. The van der Waals surface area contributed by atoms with Crippen LogP contribution >= 0.6 is 0 Å². The first-order valence-electron chi connectivity index (χ1n) is 7.78. The van der Waals surface area contributed by atoms with Crippen LogP contribution in [0.2, 0.25) is 0 Å². The highest BCUT2D eigenvalue weighted by atomic mass is 16.5. The zero-order valence-electron chi connectivity index (χ0n) is 13.3. The van der Waals surface area contributed by atoms with E-state index >= 15 is 0 Å². The van der Waals surface area contributed by atoms with Gasteiger partial charge >= 0.3 is 0 Å². The van der Waals surface area contributed by atoms with Crippen LogP contribution in [0.1, 0.15) is 52.5 Å². The van der Waals surface area contributed by atoms with E-state index in [1.165, 1.54) is 0 Å². The minimum absolute atomic E-state index is 0.126. The van der Waals surface area contributed by atoms with Crippen molar-refractivity contribution in [2.24, 2.45) is 5.73 Å². The lowest BCUT2D eigenvalue weighted by Gasteiger charge is -2.20. The molecule has 1 aromatic carbocycles. The predicted octanol–water partition coefficient (Wildman–Crippen LogP) is 3.93. The molecule has 0 aromatic heterocycles. The highest BCUT2D eigenvalue weighted by molar-refractivity contribution is 5.41. The van der Waals surface area contributed by atoms with Crippen molar-refractivity contribution in [2.75, 3.05) is 6.61 Å². The minimum atomic E-state index is 0.126. The molecular formula is C17H29NO2. The Labute approximate surface area is 123 Å². The quantitative estimate of drug-likeness (QED) is 0.745. The van der Waals surface area contributed by atoms with Gasteiger partial charge < -0.3 is 15.2 Å². The molecule has 0 aliphatic heterocycles.